The van der Waals surface area contributed by atoms with Crippen LogP contribution in [0.5, 0.6) is 0 Å². The molecule has 0 radical (unpaired) electrons. The molecule has 172 valence electrons. The minimum atomic E-state index is -0.510. The molecular formula is C23H41N3O4. The van der Waals surface area contributed by atoms with Crippen LogP contribution in [0.1, 0.15) is 65.7 Å². The topological polar surface area (TPSA) is 71.1 Å². The normalized spacial score (nSPS) is 25.2. The van der Waals surface area contributed by atoms with Crippen molar-refractivity contribution in [3.63, 3.8) is 0 Å². The van der Waals surface area contributed by atoms with E-state index in [1.165, 1.54) is 6.42 Å². The zero-order valence-electron chi connectivity index (χ0n) is 19.2. The Hall–Kier alpha value is -1.34. The molecule has 7 nitrogen and oxygen atoms in total. The van der Waals surface area contributed by atoms with Crippen LogP contribution >= 0.6 is 0 Å². The number of piperazine rings is 1. The number of hydrogen-bond donors (Lipinski definition) is 1. The molecule has 0 aromatic heterocycles. The van der Waals surface area contributed by atoms with Crippen LogP contribution in [0.3, 0.4) is 0 Å². The number of hydrogen-bond acceptors (Lipinski definition) is 5. The van der Waals surface area contributed by atoms with Crippen LogP contribution < -0.4 is 5.32 Å². The number of carbonyl (C=O) groups excluding carboxylic acids is 2. The van der Waals surface area contributed by atoms with Crippen molar-refractivity contribution < 1.29 is 19.1 Å². The number of amides is 2. The van der Waals surface area contributed by atoms with Gasteiger partial charge in [-0.15, -0.1) is 0 Å². The van der Waals surface area contributed by atoms with Crippen LogP contribution in [-0.2, 0) is 14.3 Å². The first-order valence-corrected chi connectivity index (χ1v) is 11.8. The summed E-state index contributed by atoms with van der Waals surface area (Å²) in [5.41, 5.74) is -0.644. The van der Waals surface area contributed by atoms with E-state index in [-0.39, 0.29) is 17.4 Å². The lowest BCUT2D eigenvalue weighted by molar-refractivity contribution is -0.136. The number of ether oxygens (including phenoxy) is 2. The van der Waals surface area contributed by atoms with Crippen molar-refractivity contribution in [3.05, 3.63) is 0 Å². The van der Waals surface area contributed by atoms with Crippen molar-refractivity contribution in [2.75, 3.05) is 52.5 Å². The Labute approximate surface area is 181 Å². The van der Waals surface area contributed by atoms with Gasteiger partial charge in [0.05, 0.1) is 6.61 Å². The Morgan fingerprint density at radius 1 is 1.10 bits per heavy atom. The average Bonchev–Trinajstić information content (AvgIpc) is 3.19. The standard InChI is InChI=1S/C23H41N3O4/c1-22(2,3)30-21(28)24-18-23(8-5-4-6-9-23)15-20(27)26-12-10-25(11-13-26)16-19-7-14-29-17-19/h19H,4-18H2,1-3H3,(H,24,28)/t19-/m1/s1. The molecule has 0 aromatic rings. The molecule has 0 aromatic carbocycles. The fourth-order valence-corrected chi connectivity index (χ4v) is 5.00. The molecule has 1 N–H and O–H groups in total. The van der Waals surface area contributed by atoms with Crippen LogP contribution in [0.25, 0.3) is 0 Å². The molecule has 2 aliphatic heterocycles. The summed E-state index contributed by atoms with van der Waals surface area (Å²) >= 11 is 0. The van der Waals surface area contributed by atoms with E-state index in [9.17, 15) is 9.59 Å². The second kappa shape index (κ2) is 10.3. The van der Waals surface area contributed by atoms with Gasteiger partial charge < -0.3 is 19.7 Å². The third-order valence-corrected chi connectivity index (χ3v) is 6.71. The summed E-state index contributed by atoms with van der Waals surface area (Å²) in [5.74, 6) is 0.892. The number of alkyl carbamates (subject to hydrolysis) is 1. The number of nitrogens with zero attached hydrogens (tertiary/aromatic N) is 2. The maximum atomic E-state index is 13.1. The lowest BCUT2D eigenvalue weighted by Crippen LogP contribution is -2.51. The molecule has 1 saturated carbocycles. The molecule has 3 rings (SSSR count). The molecule has 2 amide bonds. The summed E-state index contributed by atoms with van der Waals surface area (Å²) in [7, 11) is 0. The van der Waals surface area contributed by atoms with Crippen molar-refractivity contribution in [1.82, 2.24) is 15.1 Å². The van der Waals surface area contributed by atoms with Crippen LogP contribution in [0.4, 0.5) is 4.79 Å². The lowest BCUT2D eigenvalue weighted by atomic mass is 9.71. The highest BCUT2D eigenvalue weighted by Gasteiger charge is 2.37. The molecule has 0 unspecified atom stereocenters. The quantitative estimate of drug-likeness (QED) is 0.711. The zero-order chi connectivity index (χ0) is 21.6. The average molecular weight is 424 g/mol. The van der Waals surface area contributed by atoms with Gasteiger partial charge in [0.25, 0.3) is 0 Å². The molecule has 3 aliphatic rings. The number of rotatable bonds is 6. The van der Waals surface area contributed by atoms with Gasteiger partial charge in [-0.05, 0) is 51.4 Å². The second-order valence-electron chi connectivity index (χ2n) is 10.5. The fraction of sp³-hybridized carbons (Fsp3) is 0.913. The minimum absolute atomic E-state index is 0.134. The first-order chi connectivity index (χ1) is 14.2. The van der Waals surface area contributed by atoms with Gasteiger partial charge in [0.1, 0.15) is 5.60 Å². The van der Waals surface area contributed by atoms with E-state index in [2.05, 4.69) is 10.2 Å². The summed E-state index contributed by atoms with van der Waals surface area (Å²) < 4.78 is 10.9. The highest BCUT2D eigenvalue weighted by molar-refractivity contribution is 5.77. The highest BCUT2D eigenvalue weighted by Crippen LogP contribution is 2.39. The van der Waals surface area contributed by atoms with Gasteiger partial charge in [-0.3, -0.25) is 9.69 Å². The lowest BCUT2D eigenvalue weighted by Gasteiger charge is -2.40. The van der Waals surface area contributed by atoms with Crippen LogP contribution in [0, 0.1) is 11.3 Å². The maximum Gasteiger partial charge on any atom is 0.407 e. The molecule has 2 saturated heterocycles. The monoisotopic (exact) mass is 423 g/mol. The smallest absolute Gasteiger partial charge is 0.407 e. The van der Waals surface area contributed by atoms with Crippen molar-refractivity contribution in [2.45, 2.75) is 71.3 Å². The van der Waals surface area contributed by atoms with Gasteiger partial charge >= 0.3 is 6.09 Å². The largest absolute Gasteiger partial charge is 0.444 e. The molecule has 2 heterocycles. The van der Waals surface area contributed by atoms with Gasteiger partial charge in [-0.2, -0.15) is 0 Å². The molecule has 0 spiro atoms. The summed E-state index contributed by atoms with van der Waals surface area (Å²) in [6.45, 7) is 12.5. The number of nitrogens with one attached hydrogen (secondary N) is 1. The van der Waals surface area contributed by atoms with Gasteiger partial charge in [-0.1, -0.05) is 19.3 Å². The third kappa shape index (κ3) is 7.12. The fourth-order valence-electron chi connectivity index (χ4n) is 5.00. The first kappa shape index (κ1) is 23.3. The predicted octanol–water partition coefficient (Wildman–Crippen LogP) is 3.03. The number of carbonyl (C=O) groups is 2. The summed E-state index contributed by atoms with van der Waals surface area (Å²) in [6, 6.07) is 0. The first-order valence-electron chi connectivity index (χ1n) is 11.8. The summed E-state index contributed by atoms with van der Waals surface area (Å²) in [4.78, 5) is 29.8. The van der Waals surface area contributed by atoms with E-state index >= 15 is 0 Å². The van der Waals surface area contributed by atoms with Gasteiger partial charge in [0, 0.05) is 52.3 Å². The van der Waals surface area contributed by atoms with E-state index in [0.29, 0.717) is 18.9 Å². The maximum absolute atomic E-state index is 13.1. The summed E-state index contributed by atoms with van der Waals surface area (Å²) in [5, 5.41) is 2.95. The molecule has 1 atom stereocenters. The molecule has 1 aliphatic carbocycles. The van der Waals surface area contributed by atoms with Crippen LogP contribution in [0.15, 0.2) is 0 Å². The third-order valence-electron chi connectivity index (χ3n) is 6.71. The van der Waals surface area contributed by atoms with Gasteiger partial charge in [0.15, 0.2) is 0 Å². The van der Waals surface area contributed by atoms with Gasteiger partial charge in [0.2, 0.25) is 5.91 Å². The molecule has 0 bridgehead atoms. The minimum Gasteiger partial charge on any atom is -0.444 e. The van der Waals surface area contributed by atoms with Crippen molar-refractivity contribution in [2.24, 2.45) is 11.3 Å². The second-order valence-corrected chi connectivity index (χ2v) is 10.5. The predicted molar refractivity (Wildman–Crippen MR) is 116 cm³/mol. The molecule has 7 heteroatoms. The molecular weight excluding hydrogens is 382 g/mol. The van der Waals surface area contributed by atoms with Crippen molar-refractivity contribution in [3.8, 4) is 0 Å². The molecule has 3 fully saturated rings. The Kier molecular flexibility index (Phi) is 8.02. The molecule has 30 heavy (non-hydrogen) atoms. The van der Waals surface area contributed by atoms with E-state index < -0.39 is 5.60 Å². The Bertz CT molecular complexity index is 569. The summed E-state index contributed by atoms with van der Waals surface area (Å²) in [6.07, 6.45) is 6.76. The Morgan fingerprint density at radius 3 is 2.40 bits per heavy atom. The van der Waals surface area contributed by atoms with E-state index in [4.69, 9.17) is 9.47 Å². The van der Waals surface area contributed by atoms with E-state index in [0.717, 1.165) is 78.0 Å². The Morgan fingerprint density at radius 2 is 1.80 bits per heavy atom. The zero-order valence-corrected chi connectivity index (χ0v) is 19.2. The van der Waals surface area contributed by atoms with E-state index in [1.807, 2.05) is 25.7 Å². The van der Waals surface area contributed by atoms with Crippen LogP contribution in [-0.4, -0.2) is 79.9 Å². The van der Waals surface area contributed by atoms with E-state index in [1.54, 1.807) is 0 Å². The SMILES string of the molecule is CC(C)(C)OC(=O)NCC1(CC(=O)N2CCN(C[C@H]3CCOC3)CC2)CCCCC1. The van der Waals surface area contributed by atoms with Crippen molar-refractivity contribution >= 4 is 12.0 Å². The Balaban J connectivity index is 1.48. The van der Waals surface area contributed by atoms with Crippen molar-refractivity contribution in [1.29, 1.82) is 0 Å². The van der Waals surface area contributed by atoms with Gasteiger partial charge in [-0.25, -0.2) is 4.79 Å². The van der Waals surface area contributed by atoms with Crippen LogP contribution in [0.2, 0.25) is 0 Å². The highest BCUT2D eigenvalue weighted by atomic mass is 16.6.